The third-order valence-electron chi connectivity index (χ3n) is 3.66. The van der Waals surface area contributed by atoms with Crippen molar-refractivity contribution in [2.75, 3.05) is 6.54 Å². The third-order valence-corrected chi connectivity index (χ3v) is 3.66. The van der Waals surface area contributed by atoms with E-state index in [1.54, 1.807) is 6.21 Å². The van der Waals surface area contributed by atoms with E-state index >= 15 is 0 Å². The molecule has 2 rings (SSSR count). The average molecular weight is 273 g/mol. The second-order valence-corrected chi connectivity index (χ2v) is 5.33. The molecule has 1 atom stereocenters. The lowest BCUT2D eigenvalue weighted by atomic mass is 10.0. The Bertz CT molecular complexity index is 491. The first-order valence-electron chi connectivity index (χ1n) is 7.10. The molecule has 5 heteroatoms. The molecule has 1 heterocycles. The largest absolute Gasteiger partial charge is 0.369 e. The van der Waals surface area contributed by atoms with Crippen molar-refractivity contribution < 1.29 is 0 Å². The molecule has 0 bridgehead atoms. The lowest BCUT2D eigenvalue weighted by Crippen LogP contribution is -2.36. The first-order chi connectivity index (χ1) is 9.65. The van der Waals surface area contributed by atoms with Gasteiger partial charge in [0.1, 0.15) is 0 Å². The molecule has 1 fully saturated rings. The number of nitrogens with zero attached hydrogens (tertiary/aromatic N) is 3. The monoisotopic (exact) mass is 273 g/mol. The van der Waals surface area contributed by atoms with Gasteiger partial charge in [-0.15, -0.1) is 5.10 Å². The predicted octanol–water partition coefficient (Wildman–Crippen LogP) is 1.67. The van der Waals surface area contributed by atoms with Crippen LogP contribution < -0.4 is 11.5 Å². The second-order valence-electron chi connectivity index (χ2n) is 5.33. The molecular formula is C15H23N5. The summed E-state index contributed by atoms with van der Waals surface area (Å²) < 4.78 is 0. The van der Waals surface area contributed by atoms with Crippen molar-refractivity contribution in [2.45, 2.75) is 38.8 Å². The van der Waals surface area contributed by atoms with Crippen LogP contribution >= 0.6 is 0 Å². The van der Waals surface area contributed by atoms with E-state index < -0.39 is 0 Å². The van der Waals surface area contributed by atoms with Crippen LogP contribution in [0.4, 0.5) is 0 Å². The molecule has 1 saturated heterocycles. The summed E-state index contributed by atoms with van der Waals surface area (Å²) in [6.45, 7) is 4.49. The Kier molecular flexibility index (Phi) is 5.12. The summed E-state index contributed by atoms with van der Waals surface area (Å²) in [6, 6.07) is 8.99. The molecule has 0 saturated carbocycles. The lowest BCUT2D eigenvalue weighted by Gasteiger charge is -2.33. The number of piperidine rings is 1. The maximum Gasteiger partial charge on any atom is 0.211 e. The fraction of sp³-hybridized carbons (Fsp3) is 0.467. The van der Waals surface area contributed by atoms with Gasteiger partial charge in [-0.25, -0.2) is 0 Å². The zero-order valence-corrected chi connectivity index (χ0v) is 12.0. The third kappa shape index (κ3) is 4.35. The van der Waals surface area contributed by atoms with Gasteiger partial charge in [0.15, 0.2) is 0 Å². The molecule has 20 heavy (non-hydrogen) atoms. The van der Waals surface area contributed by atoms with Crippen LogP contribution in [0.3, 0.4) is 0 Å². The molecular weight excluding hydrogens is 250 g/mol. The van der Waals surface area contributed by atoms with Gasteiger partial charge in [0.25, 0.3) is 0 Å². The summed E-state index contributed by atoms with van der Waals surface area (Å²) in [5.74, 6) is -0.0282. The van der Waals surface area contributed by atoms with Gasteiger partial charge >= 0.3 is 0 Å². The summed E-state index contributed by atoms with van der Waals surface area (Å²) >= 11 is 0. The van der Waals surface area contributed by atoms with Gasteiger partial charge in [0.05, 0.1) is 6.21 Å². The average Bonchev–Trinajstić information content (AvgIpc) is 2.41. The predicted molar refractivity (Wildman–Crippen MR) is 83.6 cm³/mol. The number of nitrogens with two attached hydrogens (primary N) is 2. The quantitative estimate of drug-likeness (QED) is 0.497. The molecule has 0 aliphatic carbocycles. The van der Waals surface area contributed by atoms with Gasteiger partial charge in [0, 0.05) is 12.6 Å². The van der Waals surface area contributed by atoms with Crippen LogP contribution in [0.15, 0.2) is 34.5 Å². The Morgan fingerprint density at radius 2 is 2.25 bits per heavy atom. The van der Waals surface area contributed by atoms with Crippen LogP contribution in [0.2, 0.25) is 0 Å². The summed E-state index contributed by atoms with van der Waals surface area (Å²) in [7, 11) is 0. The van der Waals surface area contributed by atoms with E-state index in [-0.39, 0.29) is 5.96 Å². The fourth-order valence-electron chi connectivity index (χ4n) is 2.56. The second kappa shape index (κ2) is 7.05. The molecule has 0 aromatic heterocycles. The number of rotatable bonds is 4. The van der Waals surface area contributed by atoms with E-state index in [9.17, 15) is 0 Å². The van der Waals surface area contributed by atoms with Gasteiger partial charge in [-0.3, -0.25) is 4.90 Å². The van der Waals surface area contributed by atoms with Crippen LogP contribution in [-0.4, -0.2) is 29.7 Å². The first-order valence-corrected chi connectivity index (χ1v) is 7.10. The Labute approximate surface area is 120 Å². The molecule has 0 amide bonds. The van der Waals surface area contributed by atoms with E-state index in [0.29, 0.717) is 6.04 Å². The Hall–Kier alpha value is -1.88. The SMILES string of the molecule is CC1CCCCN1Cc1cccc(C=NN=C(N)N)c1. The van der Waals surface area contributed by atoms with E-state index in [4.69, 9.17) is 11.5 Å². The minimum atomic E-state index is -0.0282. The highest BCUT2D eigenvalue weighted by Gasteiger charge is 2.17. The van der Waals surface area contributed by atoms with E-state index in [2.05, 4.69) is 34.2 Å². The summed E-state index contributed by atoms with van der Waals surface area (Å²) in [6.07, 6.45) is 5.62. The van der Waals surface area contributed by atoms with Crippen LogP contribution in [-0.2, 0) is 6.54 Å². The molecule has 1 unspecified atom stereocenters. The molecule has 5 nitrogen and oxygen atoms in total. The molecule has 1 aromatic rings. The van der Waals surface area contributed by atoms with Crippen molar-refractivity contribution in [3.05, 3.63) is 35.4 Å². The van der Waals surface area contributed by atoms with Gasteiger partial charge in [-0.05, 0) is 43.5 Å². The highest BCUT2D eigenvalue weighted by molar-refractivity contribution is 5.81. The van der Waals surface area contributed by atoms with Gasteiger partial charge in [0.2, 0.25) is 5.96 Å². The standard InChI is InChI=1S/C15H23N5/c1-12-5-2-3-8-20(12)11-14-7-4-6-13(9-14)10-18-19-15(16)17/h4,6-7,9-10,12H,2-3,5,8,11H2,1H3,(H4,16,17,19). The number of hydrogen-bond acceptors (Lipinski definition) is 3. The van der Waals surface area contributed by atoms with Crippen molar-refractivity contribution in [3.8, 4) is 0 Å². The number of benzene rings is 1. The summed E-state index contributed by atoms with van der Waals surface area (Å²) in [4.78, 5) is 2.54. The van der Waals surface area contributed by atoms with Crippen molar-refractivity contribution in [1.29, 1.82) is 0 Å². The maximum atomic E-state index is 5.23. The maximum absolute atomic E-state index is 5.23. The Morgan fingerprint density at radius 3 is 3.00 bits per heavy atom. The molecule has 4 N–H and O–H groups in total. The topological polar surface area (TPSA) is 80.0 Å². The minimum Gasteiger partial charge on any atom is -0.369 e. The molecule has 0 radical (unpaired) electrons. The Balaban J connectivity index is 2.02. The van der Waals surface area contributed by atoms with Crippen molar-refractivity contribution in [1.82, 2.24) is 4.90 Å². The van der Waals surface area contributed by atoms with Crippen molar-refractivity contribution in [3.63, 3.8) is 0 Å². The van der Waals surface area contributed by atoms with Gasteiger partial charge in [-0.2, -0.15) is 5.10 Å². The molecule has 1 aliphatic heterocycles. The van der Waals surface area contributed by atoms with E-state index in [1.807, 2.05) is 12.1 Å². The number of likely N-dealkylation sites (tertiary alicyclic amines) is 1. The minimum absolute atomic E-state index is 0.0282. The fourth-order valence-corrected chi connectivity index (χ4v) is 2.56. The molecule has 1 aliphatic rings. The van der Waals surface area contributed by atoms with Crippen LogP contribution in [0.5, 0.6) is 0 Å². The summed E-state index contributed by atoms with van der Waals surface area (Å²) in [5.41, 5.74) is 12.8. The molecule has 0 spiro atoms. The van der Waals surface area contributed by atoms with E-state index in [1.165, 1.54) is 31.4 Å². The Morgan fingerprint density at radius 1 is 1.40 bits per heavy atom. The van der Waals surface area contributed by atoms with Crippen LogP contribution in [0, 0.1) is 0 Å². The normalized spacial score (nSPS) is 20.1. The highest BCUT2D eigenvalue weighted by Crippen LogP contribution is 2.19. The van der Waals surface area contributed by atoms with Crippen LogP contribution in [0.25, 0.3) is 0 Å². The smallest absolute Gasteiger partial charge is 0.211 e. The number of guanidine groups is 1. The van der Waals surface area contributed by atoms with E-state index in [0.717, 1.165) is 12.1 Å². The summed E-state index contributed by atoms with van der Waals surface area (Å²) in [5, 5.41) is 7.45. The molecule has 108 valence electrons. The first kappa shape index (κ1) is 14.5. The van der Waals surface area contributed by atoms with Crippen LogP contribution in [0.1, 0.15) is 37.3 Å². The lowest BCUT2D eigenvalue weighted by molar-refractivity contribution is 0.152. The van der Waals surface area contributed by atoms with Gasteiger partial charge in [-0.1, -0.05) is 24.6 Å². The van der Waals surface area contributed by atoms with Crippen molar-refractivity contribution in [2.24, 2.45) is 21.7 Å². The van der Waals surface area contributed by atoms with Gasteiger partial charge < -0.3 is 11.5 Å². The van der Waals surface area contributed by atoms with Crippen molar-refractivity contribution >= 4 is 12.2 Å². The number of hydrogen-bond donors (Lipinski definition) is 2. The zero-order valence-electron chi connectivity index (χ0n) is 12.0. The molecule has 1 aromatic carbocycles. The highest BCUT2D eigenvalue weighted by atomic mass is 15.3. The zero-order chi connectivity index (χ0) is 14.4.